The quantitative estimate of drug-likeness (QED) is 0.619. The van der Waals surface area contributed by atoms with Crippen LogP contribution in [-0.4, -0.2) is 39.0 Å². The lowest BCUT2D eigenvalue weighted by Crippen LogP contribution is -2.29. The molecule has 0 aromatic carbocycles. The van der Waals surface area contributed by atoms with Crippen molar-refractivity contribution < 1.29 is 10.2 Å². The van der Waals surface area contributed by atoms with Gasteiger partial charge in [0.15, 0.2) is 5.82 Å². The van der Waals surface area contributed by atoms with Crippen LogP contribution in [0.4, 0.5) is 5.82 Å². The first-order valence-electron chi connectivity index (χ1n) is 5.32. The van der Waals surface area contributed by atoms with Crippen molar-refractivity contribution in [3.63, 3.8) is 0 Å². The molecule has 1 aromatic heterocycles. The molecule has 0 amide bonds. The van der Waals surface area contributed by atoms with E-state index in [1.165, 1.54) is 0 Å². The minimum absolute atomic E-state index is 0.118. The van der Waals surface area contributed by atoms with Crippen molar-refractivity contribution in [2.75, 3.05) is 18.5 Å². The molecule has 1 saturated carbocycles. The Kier molecular flexibility index (Phi) is 3.21. The zero-order valence-electron chi connectivity index (χ0n) is 8.83. The molecular formula is C10H15N3O3. The van der Waals surface area contributed by atoms with Gasteiger partial charge in [-0.05, 0) is 12.8 Å². The average molecular weight is 225 g/mol. The molecule has 6 nitrogen and oxygen atoms in total. The Labute approximate surface area is 92.6 Å². The van der Waals surface area contributed by atoms with Gasteiger partial charge in [0, 0.05) is 25.0 Å². The molecular weight excluding hydrogens is 210 g/mol. The number of hydrogen-bond donors (Lipinski definition) is 3. The van der Waals surface area contributed by atoms with Crippen LogP contribution < -0.4 is 10.9 Å². The van der Waals surface area contributed by atoms with Crippen molar-refractivity contribution in [1.82, 2.24) is 9.55 Å². The lowest BCUT2D eigenvalue weighted by atomic mass is 10.4. The molecule has 0 spiro atoms. The predicted octanol–water partition coefficient (Wildman–Crippen LogP) is -0.657. The maximum absolute atomic E-state index is 11.8. The monoisotopic (exact) mass is 225 g/mol. The second kappa shape index (κ2) is 4.63. The topological polar surface area (TPSA) is 87.4 Å². The standard InChI is InChI=1S/C10H15N3O3/c14-6-8(15)5-12-9-10(16)13(4-3-11-9)7-1-2-7/h3-4,7-8,14-15H,1-2,5-6H2,(H,11,12). The zero-order valence-corrected chi connectivity index (χ0v) is 8.83. The molecule has 1 aromatic rings. The van der Waals surface area contributed by atoms with Crippen LogP contribution in [0.25, 0.3) is 0 Å². The number of aromatic nitrogens is 2. The minimum atomic E-state index is -0.879. The van der Waals surface area contributed by atoms with Crippen molar-refractivity contribution in [2.45, 2.75) is 25.0 Å². The second-order valence-corrected chi connectivity index (χ2v) is 3.94. The third-order valence-corrected chi connectivity index (χ3v) is 2.52. The Morgan fingerprint density at radius 3 is 3.00 bits per heavy atom. The van der Waals surface area contributed by atoms with Gasteiger partial charge in [-0.2, -0.15) is 0 Å². The van der Waals surface area contributed by atoms with Crippen molar-refractivity contribution in [1.29, 1.82) is 0 Å². The molecule has 0 bridgehead atoms. The van der Waals surface area contributed by atoms with Gasteiger partial charge in [0.2, 0.25) is 0 Å². The Balaban J connectivity index is 2.09. The van der Waals surface area contributed by atoms with Gasteiger partial charge in [0.1, 0.15) is 0 Å². The SMILES string of the molecule is O=c1c(NCC(O)CO)nccn1C1CC1. The summed E-state index contributed by atoms with van der Waals surface area (Å²) in [5.74, 6) is 0.224. The van der Waals surface area contributed by atoms with E-state index in [4.69, 9.17) is 10.2 Å². The highest BCUT2D eigenvalue weighted by molar-refractivity contribution is 5.31. The van der Waals surface area contributed by atoms with E-state index in [0.717, 1.165) is 12.8 Å². The summed E-state index contributed by atoms with van der Waals surface area (Å²) >= 11 is 0. The van der Waals surface area contributed by atoms with Gasteiger partial charge in [-0.25, -0.2) is 4.98 Å². The number of aliphatic hydroxyl groups excluding tert-OH is 2. The normalized spacial score (nSPS) is 17.1. The zero-order chi connectivity index (χ0) is 11.5. The fourth-order valence-electron chi connectivity index (χ4n) is 1.47. The lowest BCUT2D eigenvalue weighted by Gasteiger charge is -2.10. The fourth-order valence-corrected chi connectivity index (χ4v) is 1.47. The molecule has 6 heteroatoms. The first-order valence-corrected chi connectivity index (χ1v) is 5.32. The Bertz CT molecular complexity index is 414. The Morgan fingerprint density at radius 1 is 1.62 bits per heavy atom. The molecule has 1 atom stereocenters. The van der Waals surface area contributed by atoms with Crippen LogP contribution in [0.2, 0.25) is 0 Å². The third-order valence-electron chi connectivity index (χ3n) is 2.52. The van der Waals surface area contributed by atoms with Crippen molar-refractivity contribution in [3.8, 4) is 0 Å². The van der Waals surface area contributed by atoms with Gasteiger partial charge in [-0.3, -0.25) is 4.79 Å². The van der Waals surface area contributed by atoms with Crippen LogP contribution in [0, 0.1) is 0 Å². The average Bonchev–Trinajstić information content (AvgIpc) is 3.11. The van der Waals surface area contributed by atoms with Gasteiger partial charge in [-0.15, -0.1) is 0 Å². The van der Waals surface area contributed by atoms with Crippen LogP contribution in [0.5, 0.6) is 0 Å². The van der Waals surface area contributed by atoms with Crippen molar-refractivity contribution >= 4 is 5.82 Å². The number of nitrogens with zero attached hydrogens (tertiary/aromatic N) is 2. The van der Waals surface area contributed by atoms with Gasteiger partial charge in [-0.1, -0.05) is 0 Å². The van der Waals surface area contributed by atoms with E-state index >= 15 is 0 Å². The molecule has 1 heterocycles. The van der Waals surface area contributed by atoms with Crippen LogP contribution in [-0.2, 0) is 0 Å². The van der Waals surface area contributed by atoms with E-state index in [0.29, 0.717) is 6.04 Å². The van der Waals surface area contributed by atoms with E-state index in [-0.39, 0.29) is 24.5 Å². The second-order valence-electron chi connectivity index (χ2n) is 3.94. The maximum atomic E-state index is 11.8. The summed E-state index contributed by atoms with van der Waals surface area (Å²) in [7, 11) is 0. The molecule has 16 heavy (non-hydrogen) atoms. The molecule has 2 rings (SSSR count). The highest BCUT2D eigenvalue weighted by Gasteiger charge is 2.25. The van der Waals surface area contributed by atoms with Gasteiger partial charge >= 0.3 is 0 Å². The highest BCUT2D eigenvalue weighted by Crippen LogP contribution is 2.33. The van der Waals surface area contributed by atoms with Gasteiger partial charge in [0.25, 0.3) is 5.56 Å². The summed E-state index contributed by atoms with van der Waals surface area (Å²) in [4.78, 5) is 15.8. The number of nitrogens with one attached hydrogen (secondary N) is 1. The minimum Gasteiger partial charge on any atom is -0.394 e. The van der Waals surface area contributed by atoms with Crippen LogP contribution in [0.15, 0.2) is 17.2 Å². The Hall–Kier alpha value is -1.40. The smallest absolute Gasteiger partial charge is 0.293 e. The molecule has 1 fully saturated rings. The molecule has 1 aliphatic rings. The van der Waals surface area contributed by atoms with Crippen LogP contribution in [0.3, 0.4) is 0 Å². The third kappa shape index (κ3) is 2.40. The van der Waals surface area contributed by atoms with Crippen LogP contribution in [0.1, 0.15) is 18.9 Å². The summed E-state index contributed by atoms with van der Waals surface area (Å²) in [6.07, 6.45) is 4.42. The summed E-state index contributed by atoms with van der Waals surface area (Å²) in [6, 6.07) is 0.304. The molecule has 0 radical (unpaired) electrons. The first kappa shape index (κ1) is 11.1. The van der Waals surface area contributed by atoms with Gasteiger partial charge < -0.3 is 20.1 Å². The summed E-state index contributed by atoms with van der Waals surface area (Å²) in [6.45, 7) is -0.218. The number of hydrogen-bond acceptors (Lipinski definition) is 5. The molecule has 3 N–H and O–H groups in total. The molecule has 1 unspecified atom stereocenters. The maximum Gasteiger partial charge on any atom is 0.293 e. The van der Waals surface area contributed by atoms with E-state index < -0.39 is 6.10 Å². The summed E-state index contributed by atoms with van der Waals surface area (Å²) < 4.78 is 1.65. The Morgan fingerprint density at radius 2 is 2.38 bits per heavy atom. The number of rotatable bonds is 5. The number of aliphatic hydroxyl groups is 2. The number of anilines is 1. The summed E-state index contributed by atoms with van der Waals surface area (Å²) in [5, 5.41) is 20.5. The van der Waals surface area contributed by atoms with Crippen LogP contribution >= 0.6 is 0 Å². The summed E-state index contributed by atoms with van der Waals surface area (Å²) in [5.41, 5.74) is -0.171. The van der Waals surface area contributed by atoms with Crippen molar-refractivity contribution in [2.24, 2.45) is 0 Å². The molecule has 0 saturated heterocycles. The predicted molar refractivity (Wildman–Crippen MR) is 58.4 cm³/mol. The first-order chi connectivity index (χ1) is 7.72. The fraction of sp³-hybridized carbons (Fsp3) is 0.600. The molecule has 0 aliphatic heterocycles. The largest absolute Gasteiger partial charge is 0.394 e. The van der Waals surface area contributed by atoms with E-state index in [2.05, 4.69) is 10.3 Å². The molecule has 1 aliphatic carbocycles. The van der Waals surface area contributed by atoms with Gasteiger partial charge in [0.05, 0.1) is 12.7 Å². The van der Waals surface area contributed by atoms with E-state index in [9.17, 15) is 4.79 Å². The highest BCUT2D eigenvalue weighted by atomic mass is 16.3. The van der Waals surface area contributed by atoms with E-state index in [1.54, 1.807) is 17.0 Å². The lowest BCUT2D eigenvalue weighted by molar-refractivity contribution is 0.105. The van der Waals surface area contributed by atoms with E-state index in [1.807, 2.05) is 0 Å². The van der Waals surface area contributed by atoms with Crippen molar-refractivity contribution in [3.05, 3.63) is 22.7 Å². The molecule has 88 valence electrons.